The lowest BCUT2D eigenvalue weighted by Crippen LogP contribution is -2.11. The number of aryl methyl sites for hydroxylation is 2. The van der Waals surface area contributed by atoms with Crippen molar-refractivity contribution >= 4 is 23.1 Å². The molecule has 2 aromatic rings. The molecular weight excluding hydrogens is 248 g/mol. The minimum Gasteiger partial charge on any atom is -0.304 e. The van der Waals surface area contributed by atoms with Crippen LogP contribution in [-0.4, -0.2) is 21.1 Å². The van der Waals surface area contributed by atoms with Crippen LogP contribution in [0.1, 0.15) is 45.8 Å². The molecule has 2 aromatic heterocycles. The van der Waals surface area contributed by atoms with Crippen molar-refractivity contribution in [3.8, 4) is 0 Å². The fourth-order valence-electron chi connectivity index (χ4n) is 1.61. The average Bonchev–Trinajstić information content (AvgIpc) is 2.85. The number of carbonyl (C=O) groups is 1. The third-order valence-corrected chi connectivity index (χ3v) is 3.64. The Balaban J connectivity index is 2.13. The van der Waals surface area contributed by atoms with Crippen molar-refractivity contribution in [1.29, 1.82) is 0 Å². The Morgan fingerprint density at radius 1 is 1.44 bits per heavy atom. The molecule has 6 heteroatoms. The maximum absolute atomic E-state index is 12.0. The molecule has 0 aliphatic rings. The summed E-state index contributed by atoms with van der Waals surface area (Å²) in [6, 6.07) is 1.85. The predicted molar refractivity (Wildman–Crippen MR) is 72.2 cm³/mol. The van der Waals surface area contributed by atoms with Gasteiger partial charge in [-0.15, -0.1) is 11.3 Å². The number of rotatable bonds is 3. The highest BCUT2D eigenvalue weighted by Crippen LogP contribution is 2.20. The molecule has 2 N–H and O–H groups in total. The molecule has 5 nitrogen and oxygen atoms in total. The summed E-state index contributed by atoms with van der Waals surface area (Å²) in [5, 5.41) is 10.6. The molecule has 0 atom stereocenters. The van der Waals surface area contributed by atoms with Gasteiger partial charge in [0.25, 0.3) is 5.91 Å². The van der Waals surface area contributed by atoms with E-state index in [2.05, 4.69) is 34.3 Å². The minimum absolute atomic E-state index is 0.153. The van der Waals surface area contributed by atoms with E-state index >= 15 is 0 Å². The summed E-state index contributed by atoms with van der Waals surface area (Å²) in [6.45, 7) is 7.86. The van der Waals surface area contributed by atoms with Gasteiger partial charge in [-0.05, 0) is 19.8 Å². The van der Waals surface area contributed by atoms with Crippen molar-refractivity contribution in [2.24, 2.45) is 0 Å². The van der Waals surface area contributed by atoms with E-state index < -0.39 is 0 Å². The smallest absolute Gasteiger partial charge is 0.268 e. The van der Waals surface area contributed by atoms with Crippen LogP contribution in [-0.2, 0) is 0 Å². The summed E-state index contributed by atoms with van der Waals surface area (Å²) >= 11 is 1.39. The van der Waals surface area contributed by atoms with Crippen molar-refractivity contribution in [3.05, 3.63) is 27.3 Å². The second kappa shape index (κ2) is 4.89. The van der Waals surface area contributed by atoms with Crippen molar-refractivity contribution in [2.45, 2.75) is 33.6 Å². The molecule has 0 aliphatic heterocycles. The highest BCUT2D eigenvalue weighted by molar-refractivity contribution is 7.13. The average molecular weight is 264 g/mol. The zero-order valence-electron chi connectivity index (χ0n) is 10.9. The number of anilines is 1. The lowest BCUT2D eigenvalue weighted by Gasteiger charge is -1.99. The number of amides is 1. The molecule has 0 saturated carbocycles. The van der Waals surface area contributed by atoms with Gasteiger partial charge in [0.05, 0.1) is 10.7 Å². The van der Waals surface area contributed by atoms with Crippen LogP contribution in [0, 0.1) is 13.8 Å². The fourth-order valence-corrected chi connectivity index (χ4v) is 2.43. The quantitative estimate of drug-likeness (QED) is 0.895. The van der Waals surface area contributed by atoms with Crippen LogP contribution < -0.4 is 5.32 Å². The monoisotopic (exact) mass is 264 g/mol. The maximum atomic E-state index is 12.0. The molecule has 18 heavy (non-hydrogen) atoms. The van der Waals surface area contributed by atoms with Crippen molar-refractivity contribution in [3.63, 3.8) is 0 Å². The lowest BCUT2D eigenvalue weighted by molar-refractivity contribution is 0.102. The molecule has 0 saturated heterocycles. The van der Waals surface area contributed by atoms with Gasteiger partial charge in [-0.25, -0.2) is 4.98 Å². The molecule has 0 unspecified atom stereocenters. The molecule has 0 aliphatic carbocycles. The van der Waals surface area contributed by atoms with Crippen LogP contribution in [0.15, 0.2) is 6.07 Å². The number of hydrogen-bond acceptors (Lipinski definition) is 4. The van der Waals surface area contributed by atoms with Gasteiger partial charge < -0.3 is 5.32 Å². The lowest BCUT2D eigenvalue weighted by atomic mass is 10.1. The first-order valence-corrected chi connectivity index (χ1v) is 6.59. The number of aromatic amines is 1. The van der Waals surface area contributed by atoms with E-state index in [1.54, 1.807) is 0 Å². The van der Waals surface area contributed by atoms with Gasteiger partial charge in [0, 0.05) is 11.8 Å². The van der Waals surface area contributed by atoms with Crippen molar-refractivity contribution in [1.82, 2.24) is 15.2 Å². The molecule has 2 heterocycles. The summed E-state index contributed by atoms with van der Waals surface area (Å²) in [6.07, 6.45) is 0. The van der Waals surface area contributed by atoms with Crippen molar-refractivity contribution < 1.29 is 4.79 Å². The normalized spacial score (nSPS) is 10.9. The standard InChI is InChI=1S/C12H16N4OS/c1-6(2)9-5-10(16-15-9)14-12(17)11-7(3)13-8(4)18-11/h5-6H,1-4H3,(H2,14,15,16,17). The Kier molecular flexibility index (Phi) is 3.47. The Labute approximate surface area is 110 Å². The van der Waals surface area contributed by atoms with E-state index in [9.17, 15) is 4.79 Å². The third-order valence-electron chi connectivity index (χ3n) is 2.57. The Hall–Kier alpha value is -1.69. The highest BCUT2D eigenvalue weighted by atomic mass is 32.1. The first-order chi connectivity index (χ1) is 8.47. The molecule has 2 rings (SSSR count). The van der Waals surface area contributed by atoms with E-state index in [0.29, 0.717) is 16.6 Å². The zero-order valence-corrected chi connectivity index (χ0v) is 11.7. The molecule has 0 spiro atoms. The van der Waals surface area contributed by atoms with Gasteiger partial charge in [0.2, 0.25) is 0 Å². The van der Waals surface area contributed by atoms with Crippen molar-refractivity contribution in [2.75, 3.05) is 5.32 Å². The van der Waals surface area contributed by atoms with Crippen LogP contribution in [0.2, 0.25) is 0 Å². The van der Waals surface area contributed by atoms with Gasteiger partial charge in [-0.2, -0.15) is 5.10 Å². The summed E-state index contributed by atoms with van der Waals surface area (Å²) in [7, 11) is 0. The molecule has 0 aromatic carbocycles. The summed E-state index contributed by atoms with van der Waals surface area (Å²) in [4.78, 5) is 16.9. The number of hydrogen-bond donors (Lipinski definition) is 2. The summed E-state index contributed by atoms with van der Waals surface area (Å²) in [5.41, 5.74) is 1.76. The topological polar surface area (TPSA) is 70.7 Å². The SMILES string of the molecule is Cc1nc(C)c(C(=O)Nc2cc(C(C)C)[nH]n2)s1. The second-order valence-corrected chi connectivity index (χ2v) is 5.67. The third kappa shape index (κ3) is 2.59. The van der Waals surface area contributed by atoms with Crippen LogP contribution in [0.4, 0.5) is 5.82 Å². The number of thiazole rings is 1. The molecule has 0 fully saturated rings. The van der Waals surface area contributed by atoms with Crippen LogP contribution in [0.25, 0.3) is 0 Å². The molecular formula is C12H16N4OS. The molecule has 1 amide bonds. The minimum atomic E-state index is -0.153. The first-order valence-electron chi connectivity index (χ1n) is 5.78. The Morgan fingerprint density at radius 2 is 2.17 bits per heavy atom. The van der Waals surface area contributed by atoms with E-state index in [-0.39, 0.29) is 5.91 Å². The number of carbonyl (C=O) groups excluding carboxylic acids is 1. The highest BCUT2D eigenvalue weighted by Gasteiger charge is 2.15. The number of nitrogens with zero attached hydrogens (tertiary/aromatic N) is 2. The van der Waals surface area contributed by atoms with E-state index in [0.717, 1.165) is 16.4 Å². The number of H-pyrrole nitrogens is 1. The van der Waals surface area contributed by atoms with Gasteiger partial charge in [-0.1, -0.05) is 13.8 Å². The van der Waals surface area contributed by atoms with E-state index in [1.165, 1.54) is 11.3 Å². The first kappa shape index (κ1) is 12.8. The maximum Gasteiger partial charge on any atom is 0.268 e. The molecule has 0 radical (unpaired) electrons. The summed E-state index contributed by atoms with van der Waals surface area (Å²) in [5.74, 6) is 0.754. The Morgan fingerprint density at radius 3 is 2.67 bits per heavy atom. The van der Waals surface area contributed by atoms with Gasteiger partial charge in [-0.3, -0.25) is 9.89 Å². The number of aromatic nitrogens is 3. The van der Waals surface area contributed by atoms with Crippen LogP contribution >= 0.6 is 11.3 Å². The van der Waals surface area contributed by atoms with Gasteiger partial charge in [0.15, 0.2) is 5.82 Å². The zero-order chi connectivity index (χ0) is 13.3. The fraction of sp³-hybridized carbons (Fsp3) is 0.417. The van der Waals surface area contributed by atoms with Crippen LogP contribution in [0.5, 0.6) is 0 Å². The largest absolute Gasteiger partial charge is 0.304 e. The van der Waals surface area contributed by atoms with Crippen LogP contribution in [0.3, 0.4) is 0 Å². The van der Waals surface area contributed by atoms with Gasteiger partial charge in [0.1, 0.15) is 4.88 Å². The molecule has 96 valence electrons. The predicted octanol–water partition coefficient (Wildman–Crippen LogP) is 2.86. The van der Waals surface area contributed by atoms with E-state index in [4.69, 9.17) is 0 Å². The summed E-state index contributed by atoms with van der Waals surface area (Å²) < 4.78 is 0. The Bertz CT molecular complexity index is 570. The number of nitrogens with one attached hydrogen (secondary N) is 2. The second-order valence-electron chi connectivity index (χ2n) is 4.46. The van der Waals surface area contributed by atoms with E-state index in [1.807, 2.05) is 19.9 Å². The van der Waals surface area contributed by atoms with Gasteiger partial charge >= 0.3 is 0 Å². The molecule has 0 bridgehead atoms.